The lowest BCUT2D eigenvalue weighted by atomic mass is 11.5. The molecule has 0 saturated carbocycles. The van der Waals surface area contributed by atoms with Crippen molar-refractivity contribution in [1.82, 2.24) is 0 Å². The van der Waals surface area contributed by atoms with Crippen molar-refractivity contribution in [1.29, 1.82) is 0 Å². The van der Waals surface area contributed by atoms with Crippen molar-refractivity contribution in [2.75, 3.05) is 0 Å². The fourth-order valence-corrected chi connectivity index (χ4v) is 0. The van der Waals surface area contributed by atoms with E-state index in [1.165, 1.54) is 0 Å². The van der Waals surface area contributed by atoms with E-state index in [4.69, 9.17) is 0 Å². The minimum atomic E-state index is -5.50. The Kier molecular flexibility index (Phi) is 4.24. The summed E-state index contributed by atoms with van der Waals surface area (Å²) in [6, 6.07) is 0. The first-order valence-corrected chi connectivity index (χ1v) is 0.756. The molecule has 0 unspecified atom stereocenters. The summed E-state index contributed by atoms with van der Waals surface area (Å²) in [6.45, 7) is 0. The number of hydrogen-bond acceptors (Lipinski definition) is 0. The van der Waals surface area contributed by atoms with Crippen molar-refractivity contribution in [2.45, 2.75) is 6.43 Å². The molecule has 0 atom stereocenters. The average Bonchev–Trinajstić information content (AvgIpc) is 0.722. The monoisotopic (exact) mass is 112 g/mol. The van der Waals surface area contributed by atoms with Gasteiger partial charge in [0.1, 0.15) is 0 Å². The van der Waals surface area contributed by atoms with Gasteiger partial charge in [-0.1, -0.05) is 0 Å². The summed E-state index contributed by atoms with van der Waals surface area (Å²) < 4.78 is 38.8. The molecule has 6 heavy (non-hydrogen) atoms. The fraction of sp³-hybridized carbons (Fsp3) is 1.00. The third kappa shape index (κ3) is 231. The summed E-state index contributed by atoms with van der Waals surface area (Å²) in [4.78, 5) is 0. The van der Waals surface area contributed by atoms with Crippen LogP contribution in [0.5, 0.6) is 0 Å². The molecule has 0 rings (SSSR count). The first-order valence-electron chi connectivity index (χ1n) is 0.756. The quantitative estimate of drug-likeness (QED) is 0.325. The molecular formula is CF4Mg. The molecule has 0 amide bonds. The van der Waals surface area contributed by atoms with E-state index in [9.17, 15) is 17.6 Å². The van der Waals surface area contributed by atoms with Gasteiger partial charge in [-0.15, -0.1) is 17.6 Å². The maximum Gasteiger partial charge on any atom is 0.559 e. The van der Waals surface area contributed by atoms with E-state index in [-0.39, 0.29) is 23.1 Å². The Balaban J connectivity index is 0. The zero-order valence-corrected chi connectivity index (χ0v) is 4.13. The van der Waals surface area contributed by atoms with Crippen LogP contribution in [-0.2, 0) is 0 Å². The molecule has 2 radical (unpaired) electrons. The number of alkyl halides is 4. The van der Waals surface area contributed by atoms with Gasteiger partial charge in [0.15, 0.2) is 0 Å². The Morgan fingerprint density at radius 3 is 0.833 bits per heavy atom. The van der Waals surface area contributed by atoms with Crippen LogP contribution >= 0.6 is 0 Å². The van der Waals surface area contributed by atoms with E-state index >= 15 is 0 Å². The summed E-state index contributed by atoms with van der Waals surface area (Å²) in [7, 11) is 0. The summed E-state index contributed by atoms with van der Waals surface area (Å²) in [5.41, 5.74) is 0. The lowest BCUT2D eigenvalue weighted by Crippen LogP contribution is -1.92. The van der Waals surface area contributed by atoms with Crippen molar-refractivity contribution in [3.63, 3.8) is 0 Å². The molecule has 0 aliphatic rings. The Bertz CT molecular complexity index is 23.0. The Labute approximate surface area is 47.7 Å². The molecule has 34 valence electrons. The van der Waals surface area contributed by atoms with Crippen LogP contribution in [0, 0.1) is 0 Å². The van der Waals surface area contributed by atoms with Gasteiger partial charge in [-0.25, -0.2) is 0 Å². The van der Waals surface area contributed by atoms with Crippen LogP contribution in [0.2, 0.25) is 0 Å². The highest BCUT2D eigenvalue weighted by Gasteiger charge is 2.24. The largest absolute Gasteiger partial charge is 0.559 e. The Hall–Kier alpha value is 0.486. The van der Waals surface area contributed by atoms with Gasteiger partial charge in [0.2, 0.25) is 0 Å². The number of rotatable bonds is 0. The van der Waals surface area contributed by atoms with Crippen molar-refractivity contribution >= 4 is 23.1 Å². The van der Waals surface area contributed by atoms with Gasteiger partial charge in [0.05, 0.1) is 0 Å². The highest BCUT2D eigenvalue weighted by molar-refractivity contribution is 5.75. The van der Waals surface area contributed by atoms with Crippen LogP contribution in [0.4, 0.5) is 17.6 Å². The Morgan fingerprint density at radius 1 is 0.833 bits per heavy atom. The van der Waals surface area contributed by atoms with Gasteiger partial charge in [0.25, 0.3) is 0 Å². The Morgan fingerprint density at radius 2 is 0.833 bits per heavy atom. The molecular weight excluding hydrogens is 112 g/mol. The first kappa shape index (κ1) is 9.70. The predicted octanol–water partition coefficient (Wildman–Crippen LogP) is 1.09. The molecule has 5 heteroatoms. The summed E-state index contributed by atoms with van der Waals surface area (Å²) in [5.74, 6) is 0. The molecule has 0 saturated heterocycles. The van der Waals surface area contributed by atoms with Gasteiger partial charge >= 0.3 is 6.43 Å². The van der Waals surface area contributed by atoms with Crippen molar-refractivity contribution in [2.24, 2.45) is 0 Å². The summed E-state index contributed by atoms with van der Waals surface area (Å²) in [5, 5.41) is 0. The second-order valence-electron chi connectivity index (χ2n) is 0.429. The van der Waals surface area contributed by atoms with Crippen LogP contribution in [-0.4, -0.2) is 29.5 Å². The second-order valence-corrected chi connectivity index (χ2v) is 0.429. The van der Waals surface area contributed by atoms with Gasteiger partial charge < -0.3 is 0 Å². The summed E-state index contributed by atoms with van der Waals surface area (Å²) in [6.07, 6.45) is -5.50. The van der Waals surface area contributed by atoms with E-state index in [1.807, 2.05) is 0 Å². The zero-order chi connectivity index (χ0) is 4.50. The normalized spacial score (nSPS) is 10.0. The topological polar surface area (TPSA) is 0 Å². The molecule has 0 heterocycles. The number of halogens is 4. The molecule has 0 aromatic heterocycles. The third-order valence-corrected chi connectivity index (χ3v) is 0. The van der Waals surface area contributed by atoms with Crippen molar-refractivity contribution in [3.8, 4) is 0 Å². The number of hydrogen-bond donors (Lipinski definition) is 0. The highest BCUT2D eigenvalue weighted by Crippen LogP contribution is 2.13. The van der Waals surface area contributed by atoms with Crippen molar-refractivity contribution < 1.29 is 17.6 Å². The maximum atomic E-state index is 9.69. The van der Waals surface area contributed by atoms with Crippen LogP contribution in [0.25, 0.3) is 0 Å². The van der Waals surface area contributed by atoms with Crippen molar-refractivity contribution in [3.05, 3.63) is 0 Å². The van der Waals surface area contributed by atoms with E-state index in [0.29, 0.717) is 0 Å². The van der Waals surface area contributed by atoms with E-state index in [2.05, 4.69) is 0 Å². The van der Waals surface area contributed by atoms with E-state index < -0.39 is 6.43 Å². The predicted molar refractivity (Wildman–Crippen MR) is 12.9 cm³/mol. The molecule has 0 spiro atoms. The lowest BCUT2D eigenvalue weighted by molar-refractivity contribution is -0.237. The zero-order valence-electron chi connectivity index (χ0n) is 2.72. The molecule has 0 nitrogen and oxygen atoms in total. The average molecular weight is 112 g/mol. The third-order valence-electron chi connectivity index (χ3n) is 0. The van der Waals surface area contributed by atoms with Gasteiger partial charge in [-0.2, -0.15) is 0 Å². The van der Waals surface area contributed by atoms with Crippen LogP contribution in [0.1, 0.15) is 0 Å². The van der Waals surface area contributed by atoms with Gasteiger partial charge in [-0.3, -0.25) is 0 Å². The molecule has 0 aliphatic carbocycles. The molecule has 0 aliphatic heterocycles. The van der Waals surface area contributed by atoms with E-state index in [0.717, 1.165) is 0 Å². The van der Waals surface area contributed by atoms with Crippen LogP contribution in [0.15, 0.2) is 0 Å². The van der Waals surface area contributed by atoms with Gasteiger partial charge in [-0.05, 0) is 0 Å². The van der Waals surface area contributed by atoms with Gasteiger partial charge in [0, 0.05) is 23.1 Å². The highest BCUT2D eigenvalue weighted by atomic mass is 24.3. The standard InChI is InChI=1S/CF4.Mg/c2-1(3,4)5;. The summed E-state index contributed by atoms with van der Waals surface area (Å²) >= 11 is 0. The molecule has 0 N–H and O–H groups in total. The maximum absolute atomic E-state index is 9.69. The molecule has 0 aromatic carbocycles. The molecule has 0 bridgehead atoms. The second kappa shape index (κ2) is 2.62. The van der Waals surface area contributed by atoms with Crippen LogP contribution in [0.3, 0.4) is 0 Å². The minimum absolute atomic E-state index is 0. The fourth-order valence-electron chi connectivity index (χ4n) is 0. The van der Waals surface area contributed by atoms with E-state index in [1.54, 1.807) is 0 Å². The first-order chi connectivity index (χ1) is 2.00. The molecule has 0 aromatic rings. The lowest BCUT2D eigenvalue weighted by Gasteiger charge is -1.82. The smallest absolute Gasteiger partial charge is 0.140 e. The molecule has 0 fully saturated rings. The minimum Gasteiger partial charge on any atom is -0.140 e. The van der Waals surface area contributed by atoms with Crippen LogP contribution < -0.4 is 0 Å². The SMILES string of the molecule is FC(F)(F)F.[Mg].